The average molecular weight is 239 g/mol. The molecule has 1 heterocycles. The van der Waals surface area contributed by atoms with E-state index in [1.54, 1.807) is 20.0 Å². The summed E-state index contributed by atoms with van der Waals surface area (Å²) in [6.45, 7) is 5.97. The molecular weight excluding hydrogens is 218 g/mol. The fourth-order valence-electron chi connectivity index (χ4n) is 1.52. The van der Waals surface area contributed by atoms with Crippen molar-refractivity contribution in [1.29, 1.82) is 0 Å². The van der Waals surface area contributed by atoms with Gasteiger partial charge in [-0.15, -0.1) is 0 Å². The van der Waals surface area contributed by atoms with Gasteiger partial charge in [0.05, 0.1) is 12.6 Å². The normalized spacial score (nSPS) is 12.8. The first-order valence-corrected chi connectivity index (χ1v) is 5.88. The molecule has 0 aromatic carbocycles. The number of H-pyrrole nitrogens is 1. The Balaban J connectivity index is 2.73. The number of carbonyl (C=O) groups excluding carboxylic acids is 1. The third-order valence-corrected chi connectivity index (χ3v) is 2.72. The van der Waals surface area contributed by atoms with Gasteiger partial charge in [-0.3, -0.25) is 9.89 Å². The number of aromatic nitrogens is 2. The van der Waals surface area contributed by atoms with Gasteiger partial charge in [-0.25, -0.2) is 0 Å². The summed E-state index contributed by atoms with van der Waals surface area (Å²) in [6.07, 6.45) is 0.875. The Labute approximate surface area is 102 Å². The molecule has 1 atom stereocenters. The predicted molar refractivity (Wildman–Crippen MR) is 65.8 cm³/mol. The first-order chi connectivity index (χ1) is 7.95. The van der Waals surface area contributed by atoms with Crippen LogP contribution in [0.25, 0.3) is 0 Å². The maximum absolute atomic E-state index is 12.0. The third kappa shape index (κ3) is 3.56. The Bertz CT molecular complexity index is 374. The number of aromatic amines is 1. The maximum Gasteiger partial charge on any atom is 0.274 e. The van der Waals surface area contributed by atoms with Gasteiger partial charge < -0.3 is 10.0 Å². The summed E-state index contributed by atoms with van der Waals surface area (Å²) in [5, 5.41) is 15.9. The van der Waals surface area contributed by atoms with E-state index in [-0.39, 0.29) is 18.6 Å². The van der Waals surface area contributed by atoms with Gasteiger partial charge in [-0.1, -0.05) is 13.8 Å². The van der Waals surface area contributed by atoms with Gasteiger partial charge >= 0.3 is 0 Å². The highest BCUT2D eigenvalue weighted by atomic mass is 16.3. The van der Waals surface area contributed by atoms with Crippen molar-refractivity contribution in [1.82, 2.24) is 15.1 Å². The van der Waals surface area contributed by atoms with Gasteiger partial charge in [-0.2, -0.15) is 5.10 Å². The summed E-state index contributed by atoms with van der Waals surface area (Å²) in [6, 6.07) is 1.58. The van der Waals surface area contributed by atoms with E-state index in [4.69, 9.17) is 5.11 Å². The zero-order chi connectivity index (χ0) is 13.0. The van der Waals surface area contributed by atoms with E-state index < -0.39 is 0 Å². The number of carbonyl (C=O) groups is 1. The monoisotopic (exact) mass is 239 g/mol. The molecule has 5 heteroatoms. The summed E-state index contributed by atoms with van der Waals surface area (Å²) in [5.41, 5.74) is 1.37. The molecule has 1 aromatic heterocycles. The van der Waals surface area contributed by atoms with Crippen molar-refractivity contribution in [3.05, 3.63) is 17.5 Å². The Hall–Kier alpha value is -1.36. The van der Waals surface area contributed by atoms with E-state index in [1.807, 2.05) is 0 Å². The highest BCUT2D eigenvalue weighted by molar-refractivity contribution is 5.92. The van der Waals surface area contributed by atoms with E-state index in [1.165, 1.54) is 4.90 Å². The fourth-order valence-corrected chi connectivity index (χ4v) is 1.52. The van der Waals surface area contributed by atoms with E-state index >= 15 is 0 Å². The lowest BCUT2D eigenvalue weighted by Gasteiger charge is -2.21. The molecule has 2 N–H and O–H groups in total. The topological polar surface area (TPSA) is 69.2 Å². The smallest absolute Gasteiger partial charge is 0.274 e. The van der Waals surface area contributed by atoms with Crippen molar-refractivity contribution in [2.45, 2.75) is 33.2 Å². The molecule has 17 heavy (non-hydrogen) atoms. The molecule has 0 bridgehead atoms. The van der Waals surface area contributed by atoms with Crippen molar-refractivity contribution in [2.75, 3.05) is 13.7 Å². The predicted octanol–water partition coefficient (Wildman–Crippen LogP) is 1.06. The quantitative estimate of drug-likeness (QED) is 0.807. The van der Waals surface area contributed by atoms with Crippen LogP contribution in [0.4, 0.5) is 0 Å². The van der Waals surface area contributed by atoms with Crippen molar-refractivity contribution in [3.63, 3.8) is 0 Å². The van der Waals surface area contributed by atoms with Crippen molar-refractivity contribution in [2.24, 2.45) is 5.92 Å². The number of rotatable bonds is 5. The number of likely N-dealkylation sites (N-methyl/N-ethyl adjacent to an activating group) is 1. The van der Waals surface area contributed by atoms with Crippen molar-refractivity contribution in [3.8, 4) is 0 Å². The van der Waals surface area contributed by atoms with E-state index in [9.17, 15) is 4.79 Å². The molecule has 96 valence electrons. The molecule has 0 saturated carbocycles. The first-order valence-electron chi connectivity index (χ1n) is 5.88. The van der Waals surface area contributed by atoms with Crippen LogP contribution in [0.15, 0.2) is 6.07 Å². The second-order valence-corrected chi connectivity index (χ2v) is 4.82. The minimum atomic E-state index is -0.201. The Morgan fingerprint density at radius 3 is 2.71 bits per heavy atom. The number of hydrogen-bond donors (Lipinski definition) is 2. The fraction of sp³-hybridized carbons (Fsp3) is 0.667. The second kappa shape index (κ2) is 5.82. The molecule has 0 aliphatic carbocycles. The van der Waals surface area contributed by atoms with E-state index in [0.29, 0.717) is 11.6 Å². The minimum absolute atomic E-state index is 0.0501. The number of hydrogen-bond acceptors (Lipinski definition) is 3. The van der Waals surface area contributed by atoms with Crippen LogP contribution < -0.4 is 0 Å². The van der Waals surface area contributed by atoms with Crippen LogP contribution >= 0.6 is 0 Å². The molecule has 5 nitrogen and oxygen atoms in total. The van der Waals surface area contributed by atoms with Gasteiger partial charge in [0.1, 0.15) is 5.69 Å². The summed E-state index contributed by atoms with van der Waals surface area (Å²) in [5.74, 6) is 0.352. The van der Waals surface area contributed by atoms with Gasteiger partial charge in [0.2, 0.25) is 0 Å². The molecule has 0 saturated heterocycles. The van der Waals surface area contributed by atoms with Crippen LogP contribution in [0.2, 0.25) is 0 Å². The lowest BCUT2D eigenvalue weighted by atomic mass is 10.1. The van der Waals surface area contributed by atoms with Crippen LogP contribution in [0.1, 0.15) is 37.0 Å². The summed E-state index contributed by atoms with van der Waals surface area (Å²) >= 11 is 0. The Morgan fingerprint density at radius 2 is 2.18 bits per heavy atom. The molecule has 0 spiro atoms. The third-order valence-electron chi connectivity index (χ3n) is 2.72. The molecule has 0 aliphatic heterocycles. The average Bonchev–Trinajstić information content (AvgIpc) is 2.73. The Morgan fingerprint density at radius 1 is 1.53 bits per heavy atom. The molecule has 0 fully saturated rings. The lowest BCUT2D eigenvalue weighted by Crippen LogP contribution is -2.37. The van der Waals surface area contributed by atoms with Crippen molar-refractivity contribution >= 4 is 5.91 Å². The molecule has 1 unspecified atom stereocenters. The lowest BCUT2D eigenvalue weighted by molar-refractivity contribution is 0.0676. The van der Waals surface area contributed by atoms with Crippen LogP contribution in [0.3, 0.4) is 0 Å². The van der Waals surface area contributed by atoms with Crippen LogP contribution in [0.5, 0.6) is 0 Å². The second-order valence-electron chi connectivity index (χ2n) is 4.82. The zero-order valence-electron chi connectivity index (χ0n) is 10.9. The van der Waals surface area contributed by atoms with Gasteiger partial charge in [0.15, 0.2) is 0 Å². The Kier molecular flexibility index (Phi) is 4.69. The molecule has 0 radical (unpaired) electrons. The highest BCUT2D eigenvalue weighted by Gasteiger charge is 2.19. The van der Waals surface area contributed by atoms with Gasteiger partial charge in [-0.05, 0) is 25.3 Å². The molecular formula is C12H21N3O2. The first kappa shape index (κ1) is 13.7. The number of nitrogens with one attached hydrogen (secondary N) is 1. The van der Waals surface area contributed by atoms with Crippen LogP contribution in [0, 0.1) is 5.92 Å². The van der Waals surface area contributed by atoms with Crippen molar-refractivity contribution < 1.29 is 9.90 Å². The van der Waals surface area contributed by atoms with Crippen LogP contribution in [-0.4, -0.2) is 45.8 Å². The number of amides is 1. The zero-order valence-corrected chi connectivity index (χ0v) is 10.9. The standard InChI is InChI=1S/C12H21N3O2/c1-8(2)5-10-6-11(14-13-10)12(17)15(4)9(3)7-16/h6,8-9,16H,5,7H2,1-4H3,(H,13,14). The number of aliphatic hydroxyl groups excluding tert-OH is 1. The van der Waals surface area contributed by atoms with Gasteiger partial charge in [0.25, 0.3) is 5.91 Å². The molecule has 1 aromatic rings. The summed E-state index contributed by atoms with van der Waals surface area (Å²) < 4.78 is 0. The van der Waals surface area contributed by atoms with E-state index in [2.05, 4.69) is 24.0 Å². The molecule has 1 rings (SSSR count). The summed E-state index contributed by atoms with van der Waals surface area (Å²) in [4.78, 5) is 13.5. The van der Waals surface area contributed by atoms with Crippen LogP contribution in [-0.2, 0) is 6.42 Å². The largest absolute Gasteiger partial charge is 0.394 e. The highest BCUT2D eigenvalue weighted by Crippen LogP contribution is 2.09. The SMILES string of the molecule is CC(C)Cc1cc(C(=O)N(C)C(C)CO)n[nH]1. The molecule has 0 aliphatic rings. The summed E-state index contributed by atoms with van der Waals surface area (Å²) in [7, 11) is 1.67. The molecule has 1 amide bonds. The minimum Gasteiger partial charge on any atom is -0.394 e. The number of aliphatic hydroxyl groups is 1. The van der Waals surface area contributed by atoms with E-state index in [0.717, 1.165) is 12.1 Å². The maximum atomic E-state index is 12.0. The number of nitrogens with zero attached hydrogens (tertiary/aromatic N) is 2. The van der Waals surface area contributed by atoms with Gasteiger partial charge in [0, 0.05) is 12.7 Å².